The maximum absolute atomic E-state index is 11.0. The van der Waals surface area contributed by atoms with Crippen LogP contribution in [0.4, 0.5) is 0 Å². The first-order valence-electron chi connectivity index (χ1n) is 3.77. The van der Waals surface area contributed by atoms with Gasteiger partial charge >= 0.3 is 0 Å². The summed E-state index contributed by atoms with van der Waals surface area (Å²) < 4.78 is 5.13. The molecule has 1 aliphatic rings. The summed E-state index contributed by atoms with van der Waals surface area (Å²) in [5.74, 6) is -0.346. The lowest BCUT2D eigenvalue weighted by Crippen LogP contribution is -2.52. The molecule has 1 fully saturated rings. The quantitative estimate of drug-likeness (QED) is 0.707. The van der Waals surface area contributed by atoms with E-state index in [1.807, 2.05) is 0 Å². The second-order valence-corrected chi connectivity index (χ2v) is 2.81. The molecular weight excluding hydrogens is 215 g/mol. The third kappa shape index (κ3) is 3.31. The van der Waals surface area contributed by atoms with Crippen molar-refractivity contribution in [3.8, 4) is 0 Å². The molecule has 1 amide bonds. The van der Waals surface area contributed by atoms with Gasteiger partial charge in [-0.2, -0.15) is 0 Å². The molecule has 0 aromatic carbocycles. The van der Waals surface area contributed by atoms with E-state index in [1.54, 1.807) is 0 Å². The molecule has 0 unspecified atom stereocenters. The Hall–Kier alpha value is -0.0300. The molecule has 6 heteroatoms. The highest BCUT2D eigenvalue weighted by Crippen LogP contribution is 2.21. The standard InChI is InChI=1S/C7H14N2O2.2ClH/c1-11-7(6(8)10)2-4-9-5-3-7;;/h9H,2-5H2,1H3,(H2,8,10);2*1H. The summed E-state index contributed by atoms with van der Waals surface area (Å²) in [6.07, 6.45) is 1.36. The first kappa shape index (κ1) is 15.4. The Morgan fingerprint density at radius 1 is 1.38 bits per heavy atom. The van der Waals surface area contributed by atoms with Crippen molar-refractivity contribution in [3.63, 3.8) is 0 Å². The van der Waals surface area contributed by atoms with Gasteiger partial charge in [0.05, 0.1) is 0 Å². The van der Waals surface area contributed by atoms with E-state index < -0.39 is 5.60 Å². The first-order valence-corrected chi connectivity index (χ1v) is 3.77. The molecule has 80 valence electrons. The molecule has 0 bridgehead atoms. The predicted octanol–water partition coefficient (Wildman–Crippen LogP) is 0.0839. The van der Waals surface area contributed by atoms with Crippen LogP contribution in [0.2, 0.25) is 0 Å². The number of rotatable bonds is 2. The molecule has 13 heavy (non-hydrogen) atoms. The summed E-state index contributed by atoms with van der Waals surface area (Å²) in [7, 11) is 1.54. The van der Waals surface area contributed by atoms with Gasteiger partial charge in [-0.05, 0) is 25.9 Å². The zero-order chi connectivity index (χ0) is 8.32. The fourth-order valence-corrected chi connectivity index (χ4v) is 1.38. The van der Waals surface area contributed by atoms with E-state index in [0.29, 0.717) is 12.8 Å². The number of methoxy groups -OCH3 is 1. The fraction of sp³-hybridized carbons (Fsp3) is 0.857. The molecule has 0 aliphatic carbocycles. The lowest BCUT2D eigenvalue weighted by molar-refractivity contribution is -0.143. The normalized spacial score (nSPS) is 19.5. The second kappa shape index (κ2) is 6.43. The molecule has 1 aliphatic heterocycles. The molecule has 0 aromatic heterocycles. The van der Waals surface area contributed by atoms with Crippen LogP contribution in [0.15, 0.2) is 0 Å². The van der Waals surface area contributed by atoms with Crippen molar-refractivity contribution in [2.75, 3.05) is 20.2 Å². The molecule has 0 spiro atoms. The van der Waals surface area contributed by atoms with Gasteiger partial charge in [-0.15, -0.1) is 24.8 Å². The van der Waals surface area contributed by atoms with E-state index in [0.717, 1.165) is 13.1 Å². The maximum atomic E-state index is 11.0. The summed E-state index contributed by atoms with van der Waals surface area (Å²) in [5.41, 5.74) is 4.52. The Morgan fingerprint density at radius 3 is 2.08 bits per heavy atom. The summed E-state index contributed by atoms with van der Waals surface area (Å²) in [5, 5.41) is 3.14. The molecule has 0 aromatic rings. The Morgan fingerprint density at radius 2 is 1.85 bits per heavy atom. The van der Waals surface area contributed by atoms with Gasteiger partial charge in [0.1, 0.15) is 5.60 Å². The van der Waals surface area contributed by atoms with Gasteiger partial charge in [-0.3, -0.25) is 4.79 Å². The number of nitrogens with two attached hydrogens (primary N) is 1. The molecule has 1 heterocycles. The Bertz CT molecular complexity index is 161. The van der Waals surface area contributed by atoms with Gasteiger partial charge in [-0.1, -0.05) is 0 Å². The van der Waals surface area contributed by atoms with E-state index >= 15 is 0 Å². The zero-order valence-corrected chi connectivity index (χ0v) is 9.17. The van der Waals surface area contributed by atoms with E-state index in [2.05, 4.69) is 5.32 Å². The predicted molar refractivity (Wildman–Crippen MR) is 55.5 cm³/mol. The number of ether oxygens (including phenoxy) is 1. The van der Waals surface area contributed by atoms with Crippen LogP contribution in [0, 0.1) is 0 Å². The van der Waals surface area contributed by atoms with E-state index in [4.69, 9.17) is 10.5 Å². The average Bonchev–Trinajstić information content (AvgIpc) is 2.05. The van der Waals surface area contributed by atoms with E-state index in [9.17, 15) is 4.79 Å². The van der Waals surface area contributed by atoms with Gasteiger partial charge in [-0.25, -0.2) is 0 Å². The maximum Gasteiger partial charge on any atom is 0.249 e. The van der Waals surface area contributed by atoms with Gasteiger partial charge in [0.25, 0.3) is 0 Å². The highest BCUT2D eigenvalue weighted by molar-refractivity contribution is 5.85. The van der Waals surface area contributed by atoms with Gasteiger partial charge in [0, 0.05) is 7.11 Å². The number of primary amides is 1. The SMILES string of the molecule is COC1(C(N)=O)CCNCC1.Cl.Cl. The Kier molecular flexibility index (Phi) is 7.64. The monoisotopic (exact) mass is 230 g/mol. The molecule has 0 radical (unpaired) electrons. The number of piperidine rings is 1. The highest BCUT2D eigenvalue weighted by Gasteiger charge is 2.37. The van der Waals surface area contributed by atoms with Crippen LogP contribution in [0.5, 0.6) is 0 Å². The van der Waals surface area contributed by atoms with Crippen LogP contribution in [-0.4, -0.2) is 31.7 Å². The second-order valence-electron chi connectivity index (χ2n) is 2.81. The minimum absolute atomic E-state index is 0. The number of hydrogen-bond donors (Lipinski definition) is 2. The third-order valence-corrected chi connectivity index (χ3v) is 2.25. The summed E-state index contributed by atoms with van der Waals surface area (Å²) in [6, 6.07) is 0. The number of carbonyl (C=O) groups is 1. The Balaban J connectivity index is 0. The number of nitrogens with one attached hydrogen (secondary N) is 1. The highest BCUT2D eigenvalue weighted by atomic mass is 35.5. The molecular formula is C7H16Cl2N2O2. The lowest BCUT2D eigenvalue weighted by atomic mass is 9.91. The molecule has 4 nitrogen and oxygen atoms in total. The number of halogens is 2. The molecule has 0 atom stereocenters. The van der Waals surface area contributed by atoms with Crippen molar-refractivity contribution >= 4 is 30.7 Å². The third-order valence-electron chi connectivity index (χ3n) is 2.25. The van der Waals surface area contributed by atoms with Crippen molar-refractivity contribution in [2.24, 2.45) is 5.73 Å². The minimum atomic E-state index is -0.703. The molecule has 3 N–H and O–H groups in total. The van der Waals surface area contributed by atoms with E-state index in [1.165, 1.54) is 7.11 Å². The zero-order valence-electron chi connectivity index (χ0n) is 7.54. The van der Waals surface area contributed by atoms with Crippen molar-refractivity contribution in [1.29, 1.82) is 0 Å². The van der Waals surface area contributed by atoms with Gasteiger partial charge in [0.15, 0.2) is 0 Å². The largest absolute Gasteiger partial charge is 0.368 e. The van der Waals surface area contributed by atoms with Crippen LogP contribution < -0.4 is 11.1 Å². The van der Waals surface area contributed by atoms with Crippen molar-refractivity contribution in [2.45, 2.75) is 18.4 Å². The first-order chi connectivity index (χ1) is 5.21. The number of carbonyl (C=O) groups excluding carboxylic acids is 1. The van der Waals surface area contributed by atoms with Crippen molar-refractivity contribution in [1.82, 2.24) is 5.32 Å². The lowest BCUT2D eigenvalue weighted by Gasteiger charge is -2.32. The van der Waals surface area contributed by atoms with Gasteiger partial charge < -0.3 is 15.8 Å². The fourth-order valence-electron chi connectivity index (χ4n) is 1.38. The topological polar surface area (TPSA) is 64.3 Å². The van der Waals surface area contributed by atoms with Gasteiger partial charge in [0.2, 0.25) is 5.91 Å². The number of hydrogen-bond acceptors (Lipinski definition) is 3. The van der Waals surface area contributed by atoms with Crippen molar-refractivity contribution in [3.05, 3.63) is 0 Å². The average molecular weight is 231 g/mol. The molecule has 0 saturated carbocycles. The summed E-state index contributed by atoms with van der Waals surface area (Å²) in [6.45, 7) is 1.60. The van der Waals surface area contributed by atoms with E-state index in [-0.39, 0.29) is 30.7 Å². The van der Waals surface area contributed by atoms with Crippen LogP contribution in [0.25, 0.3) is 0 Å². The van der Waals surface area contributed by atoms with Crippen LogP contribution in [0.3, 0.4) is 0 Å². The summed E-state index contributed by atoms with van der Waals surface area (Å²) >= 11 is 0. The number of amides is 1. The minimum Gasteiger partial charge on any atom is -0.368 e. The van der Waals surface area contributed by atoms with Crippen LogP contribution in [0.1, 0.15) is 12.8 Å². The molecule has 1 saturated heterocycles. The summed E-state index contributed by atoms with van der Waals surface area (Å²) in [4.78, 5) is 11.0. The molecule has 1 rings (SSSR count). The van der Waals surface area contributed by atoms with Crippen LogP contribution in [-0.2, 0) is 9.53 Å². The Labute approximate surface area is 90.4 Å². The smallest absolute Gasteiger partial charge is 0.249 e. The van der Waals surface area contributed by atoms with Crippen LogP contribution >= 0.6 is 24.8 Å². The van der Waals surface area contributed by atoms with Crippen molar-refractivity contribution < 1.29 is 9.53 Å².